The lowest BCUT2D eigenvalue weighted by Gasteiger charge is -2.34. The fourth-order valence-electron chi connectivity index (χ4n) is 4.97. The second-order valence-electron chi connectivity index (χ2n) is 9.92. The third kappa shape index (κ3) is 8.08. The first-order valence-electron chi connectivity index (χ1n) is 13.6. The van der Waals surface area contributed by atoms with E-state index in [9.17, 15) is 4.79 Å². The summed E-state index contributed by atoms with van der Waals surface area (Å²) in [4.78, 5) is 16.7. The van der Waals surface area contributed by atoms with Crippen LogP contribution in [0.4, 0.5) is 0 Å². The van der Waals surface area contributed by atoms with Gasteiger partial charge in [0.1, 0.15) is 17.6 Å². The van der Waals surface area contributed by atoms with Crippen molar-refractivity contribution in [3.05, 3.63) is 83.9 Å². The number of amides is 1. The van der Waals surface area contributed by atoms with Crippen molar-refractivity contribution in [3.8, 4) is 16.9 Å². The molecule has 1 aliphatic heterocycles. The van der Waals surface area contributed by atoms with Crippen molar-refractivity contribution in [3.63, 3.8) is 0 Å². The molecule has 1 atom stereocenters. The number of hydrogen-bond acceptors (Lipinski definition) is 6. The molecule has 4 rings (SSSR count). The molecule has 0 radical (unpaired) electrons. The van der Waals surface area contributed by atoms with Crippen molar-refractivity contribution in [2.24, 2.45) is 17.4 Å². The van der Waals surface area contributed by atoms with Crippen LogP contribution < -0.4 is 20.9 Å². The Morgan fingerprint density at radius 2 is 1.82 bits per heavy atom. The second-order valence-corrected chi connectivity index (χ2v) is 10.8. The Morgan fingerprint density at radius 3 is 2.51 bits per heavy atom. The lowest BCUT2D eigenvalue weighted by Crippen LogP contribution is -2.48. The van der Waals surface area contributed by atoms with E-state index in [1.165, 1.54) is 11.9 Å². The third-order valence-electron chi connectivity index (χ3n) is 7.13. The van der Waals surface area contributed by atoms with Crippen LogP contribution in [0.25, 0.3) is 11.1 Å². The zero-order valence-electron chi connectivity index (χ0n) is 22.6. The van der Waals surface area contributed by atoms with Gasteiger partial charge < -0.3 is 21.1 Å². The number of hydrogen-bond donors (Lipinski definition) is 4. The van der Waals surface area contributed by atoms with Crippen molar-refractivity contribution < 1.29 is 9.53 Å². The third-order valence-corrected chi connectivity index (χ3v) is 8.02. The number of carbonyl (C=O) groups excluding carboxylic acids is 1. The standard InChI is InChI=1S/C31H39N5O2S/c1-2-38-27-11-9-24(10-12-27)25-6-4-8-28(21-25)39-35-29(20-23-5-3-7-26(19-23)30(33)34)31(37)36-17-14-22(13-16-32)15-18-36/h3-12,19,21-22,29,35H,2,13-18,20,32H2,1H3,(H3,33,34). The highest BCUT2D eigenvalue weighted by Gasteiger charge is 2.28. The van der Waals surface area contributed by atoms with E-state index in [2.05, 4.69) is 29.0 Å². The molecule has 1 amide bonds. The Morgan fingerprint density at radius 1 is 1.08 bits per heavy atom. The minimum absolute atomic E-state index is 0.0233. The maximum atomic E-state index is 13.7. The highest BCUT2D eigenvalue weighted by atomic mass is 32.2. The second kappa shape index (κ2) is 14.2. The van der Waals surface area contributed by atoms with Crippen molar-refractivity contribution in [2.75, 3.05) is 26.2 Å². The highest BCUT2D eigenvalue weighted by molar-refractivity contribution is 7.97. The number of ether oxygens (including phenoxy) is 1. The van der Waals surface area contributed by atoms with E-state index in [4.69, 9.17) is 21.6 Å². The van der Waals surface area contributed by atoms with Gasteiger partial charge in [-0.2, -0.15) is 0 Å². The number of carbonyl (C=O) groups is 1. The molecule has 0 aromatic heterocycles. The number of nitrogens with two attached hydrogens (primary N) is 2. The van der Waals surface area contributed by atoms with E-state index in [1.54, 1.807) is 0 Å². The summed E-state index contributed by atoms with van der Waals surface area (Å²) in [5, 5.41) is 7.80. The van der Waals surface area contributed by atoms with Crippen LogP contribution in [0.1, 0.15) is 37.3 Å². The number of nitrogen functional groups attached to an aromatic ring is 1. The Balaban J connectivity index is 1.48. The topological polar surface area (TPSA) is 117 Å². The molecule has 39 heavy (non-hydrogen) atoms. The van der Waals surface area contributed by atoms with E-state index in [0.717, 1.165) is 59.7 Å². The Bertz CT molecular complexity index is 1240. The summed E-state index contributed by atoms with van der Waals surface area (Å²) < 4.78 is 9.04. The quantitative estimate of drug-likeness (QED) is 0.147. The van der Waals surface area contributed by atoms with Crippen molar-refractivity contribution in [1.82, 2.24) is 9.62 Å². The van der Waals surface area contributed by atoms with E-state index in [0.29, 0.717) is 31.1 Å². The summed E-state index contributed by atoms with van der Waals surface area (Å²) in [6, 6.07) is 23.6. The normalized spacial score (nSPS) is 14.7. The molecule has 1 unspecified atom stereocenters. The van der Waals surface area contributed by atoms with E-state index in [-0.39, 0.29) is 11.7 Å². The molecule has 1 saturated heterocycles. The maximum absolute atomic E-state index is 13.7. The van der Waals surface area contributed by atoms with Crippen LogP contribution >= 0.6 is 11.9 Å². The molecule has 3 aromatic carbocycles. The van der Waals surface area contributed by atoms with Crippen molar-refractivity contribution in [2.45, 2.75) is 43.5 Å². The summed E-state index contributed by atoms with van der Waals surface area (Å²) >= 11 is 1.47. The molecule has 8 heteroatoms. The molecule has 3 aromatic rings. The molecular weight excluding hydrogens is 506 g/mol. The number of piperidine rings is 1. The van der Waals surface area contributed by atoms with Gasteiger partial charge in [0.25, 0.3) is 0 Å². The molecule has 0 aliphatic carbocycles. The van der Waals surface area contributed by atoms with Crippen LogP contribution in [0.3, 0.4) is 0 Å². The van der Waals surface area contributed by atoms with Gasteiger partial charge >= 0.3 is 0 Å². The first kappa shape index (κ1) is 28.7. The maximum Gasteiger partial charge on any atom is 0.240 e. The molecule has 1 heterocycles. The van der Waals surface area contributed by atoms with Crippen molar-refractivity contribution >= 4 is 23.7 Å². The number of rotatable bonds is 12. The molecular formula is C31H39N5O2S. The van der Waals surface area contributed by atoms with Gasteiger partial charge in [-0.1, -0.05) is 42.5 Å². The van der Waals surface area contributed by atoms with Gasteiger partial charge in [-0.25, -0.2) is 4.72 Å². The number of benzene rings is 3. The zero-order valence-corrected chi connectivity index (χ0v) is 23.4. The summed E-state index contributed by atoms with van der Waals surface area (Å²) in [6.07, 6.45) is 3.51. The lowest BCUT2D eigenvalue weighted by atomic mass is 9.93. The Labute approximate surface area is 235 Å². The van der Waals surface area contributed by atoms with E-state index in [1.807, 2.05) is 60.4 Å². The van der Waals surface area contributed by atoms with Gasteiger partial charge in [0.15, 0.2) is 0 Å². The monoisotopic (exact) mass is 545 g/mol. The minimum Gasteiger partial charge on any atom is -0.494 e. The van der Waals surface area contributed by atoms with Gasteiger partial charge in [-0.05, 0) is 104 Å². The zero-order chi connectivity index (χ0) is 27.6. The Hall–Kier alpha value is -3.33. The summed E-state index contributed by atoms with van der Waals surface area (Å²) in [5.74, 6) is 1.58. The number of amidine groups is 1. The highest BCUT2D eigenvalue weighted by Crippen LogP contribution is 2.27. The molecule has 6 N–H and O–H groups in total. The average molecular weight is 546 g/mol. The smallest absolute Gasteiger partial charge is 0.240 e. The summed E-state index contributed by atoms with van der Waals surface area (Å²) in [5.41, 5.74) is 15.3. The molecule has 0 spiro atoms. The van der Waals surface area contributed by atoms with Crippen LogP contribution in [0.2, 0.25) is 0 Å². The molecule has 206 valence electrons. The van der Waals surface area contributed by atoms with Gasteiger partial charge in [-0.15, -0.1) is 0 Å². The fourth-order valence-corrected chi connectivity index (χ4v) is 5.76. The predicted molar refractivity (Wildman–Crippen MR) is 160 cm³/mol. The van der Waals surface area contributed by atoms with Crippen LogP contribution in [-0.4, -0.2) is 48.9 Å². The average Bonchev–Trinajstić information content (AvgIpc) is 2.96. The van der Waals surface area contributed by atoms with E-state index < -0.39 is 6.04 Å². The van der Waals surface area contributed by atoms with Gasteiger partial charge in [0.05, 0.1) is 6.61 Å². The molecule has 0 bridgehead atoms. The molecule has 1 fully saturated rings. The van der Waals surface area contributed by atoms with Crippen LogP contribution in [0.5, 0.6) is 5.75 Å². The van der Waals surface area contributed by atoms with Gasteiger partial charge in [0.2, 0.25) is 5.91 Å². The first-order valence-corrected chi connectivity index (χ1v) is 14.5. The van der Waals surface area contributed by atoms with Crippen LogP contribution in [0.15, 0.2) is 77.7 Å². The number of nitrogens with zero attached hydrogens (tertiary/aromatic N) is 1. The summed E-state index contributed by atoms with van der Waals surface area (Å²) in [6.45, 7) is 4.83. The predicted octanol–water partition coefficient (Wildman–Crippen LogP) is 4.83. The Kier molecular flexibility index (Phi) is 10.4. The van der Waals surface area contributed by atoms with E-state index >= 15 is 0 Å². The van der Waals surface area contributed by atoms with Gasteiger partial charge in [-0.3, -0.25) is 10.2 Å². The minimum atomic E-state index is -0.419. The van der Waals surface area contributed by atoms with Crippen molar-refractivity contribution in [1.29, 1.82) is 5.41 Å². The molecule has 0 saturated carbocycles. The number of nitrogens with one attached hydrogen (secondary N) is 2. The largest absolute Gasteiger partial charge is 0.494 e. The lowest BCUT2D eigenvalue weighted by molar-refractivity contribution is -0.134. The summed E-state index contributed by atoms with van der Waals surface area (Å²) in [7, 11) is 0. The number of likely N-dealkylation sites (tertiary alicyclic amines) is 1. The molecule has 7 nitrogen and oxygen atoms in total. The molecule has 1 aliphatic rings. The SMILES string of the molecule is CCOc1ccc(-c2cccc(SNC(Cc3cccc(C(=N)N)c3)C(=O)N3CCC(CCN)CC3)c2)cc1. The van der Waals surface area contributed by atoms with Gasteiger partial charge in [0, 0.05) is 23.5 Å². The van der Waals surface area contributed by atoms with Crippen LogP contribution in [-0.2, 0) is 11.2 Å². The first-order chi connectivity index (χ1) is 19.0. The van der Waals surface area contributed by atoms with Crippen LogP contribution in [0, 0.1) is 11.3 Å². The fraction of sp³-hybridized carbons (Fsp3) is 0.355.